The number of aromatic nitrogens is 3. The molecule has 0 unspecified atom stereocenters. The van der Waals surface area contributed by atoms with Crippen molar-refractivity contribution in [2.45, 2.75) is 40.8 Å². The van der Waals surface area contributed by atoms with E-state index in [-0.39, 0.29) is 0 Å². The van der Waals surface area contributed by atoms with Gasteiger partial charge >= 0.3 is 0 Å². The first-order valence-electron chi connectivity index (χ1n) is 9.80. The molecule has 6 nitrogen and oxygen atoms in total. The Morgan fingerprint density at radius 2 is 1.97 bits per heavy atom. The minimum Gasteiger partial charge on any atom is -0.443 e. The molecule has 0 saturated heterocycles. The van der Waals surface area contributed by atoms with Crippen molar-refractivity contribution in [3.05, 3.63) is 45.7 Å². The second-order valence-corrected chi connectivity index (χ2v) is 9.04. The summed E-state index contributed by atoms with van der Waals surface area (Å²) in [5.41, 5.74) is 2.09. The standard InChI is InChI=1S/C21H25N5OS2/c1-5-26(6-2)11-17-24-19(18-13(3)14(4)29-21(18)25-17)22-10-15-12-27-20(23-15)16-8-7-9-28-16/h7-9,12H,5-6,10-11H2,1-4H3,(H,22,24,25). The van der Waals surface area contributed by atoms with Crippen LogP contribution in [0.4, 0.5) is 5.82 Å². The molecular weight excluding hydrogens is 402 g/mol. The lowest BCUT2D eigenvalue weighted by atomic mass is 10.2. The summed E-state index contributed by atoms with van der Waals surface area (Å²) in [5, 5.41) is 6.62. The van der Waals surface area contributed by atoms with E-state index < -0.39 is 0 Å². The molecule has 4 aromatic rings. The highest BCUT2D eigenvalue weighted by molar-refractivity contribution is 7.18. The summed E-state index contributed by atoms with van der Waals surface area (Å²) >= 11 is 3.35. The van der Waals surface area contributed by atoms with E-state index >= 15 is 0 Å². The Morgan fingerprint density at radius 1 is 1.14 bits per heavy atom. The second kappa shape index (κ2) is 8.61. The summed E-state index contributed by atoms with van der Waals surface area (Å²) in [4.78, 5) is 20.0. The van der Waals surface area contributed by atoms with E-state index in [9.17, 15) is 0 Å². The molecule has 4 rings (SSSR count). The summed E-state index contributed by atoms with van der Waals surface area (Å²) in [6, 6.07) is 4.01. The second-order valence-electron chi connectivity index (χ2n) is 6.89. The third-order valence-electron chi connectivity index (χ3n) is 5.06. The van der Waals surface area contributed by atoms with Gasteiger partial charge in [0.05, 0.1) is 29.0 Å². The third kappa shape index (κ3) is 4.19. The Morgan fingerprint density at radius 3 is 2.69 bits per heavy atom. The SMILES string of the molecule is CCN(CC)Cc1nc(NCc2coc(-c3cccs3)n2)c2c(C)c(C)sc2n1. The van der Waals surface area contributed by atoms with Crippen LogP contribution < -0.4 is 5.32 Å². The minimum atomic E-state index is 0.556. The molecule has 0 aliphatic heterocycles. The minimum absolute atomic E-state index is 0.556. The van der Waals surface area contributed by atoms with Crippen molar-refractivity contribution < 1.29 is 4.42 Å². The Kier molecular flexibility index (Phi) is 5.94. The molecule has 4 aromatic heterocycles. The lowest BCUT2D eigenvalue weighted by molar-refractivity contribution is 0.289. The van der Waals surface area contributed by atoms with E-state index in [1.54, 1.807) is 28.9 Å². The van der Waals surface area contributed by atoms with Gasteiger partial charge in [-0.2, -0.15) is 0 Å². The van der Waals surface area contributed by atoms with E-state index in [0.29, 0.717) is 12.4 Å². The molecule has 0 atom stereocenters. The third-order valence-corrected chi connectivity index (χ3v) is 7.01. The van der Waals surface area contributed by atoms with E-state index in [1.807, 2.05) is 17.5 Å². The van der Waals surface area contributed by atoms with Crippen LogP contribution in [0.1, 0.15) is 35.8 Å². The van der Waals surface area contributed by atoms with Crippen molar-refractivity contribution in [1.29, 1.82) is 0 Å². The maximum atomic E-state index is 5.64. The van der Waals surface area contributed by atoms with E-state index in [2.05, 4.69) is 42.9 Å². The number of fused-ring (bicyclic) bond motifs is 1. The largest absolute Gasteiger partial charge is 0.443 e. The fourth-order valence-corrected chi connectivity index (χ4v) is 4.92. The number of nitrogens with zero attached hydrogens (tertiary/aromatic N) is 4. The molecule has 0 spiro atoms. The number of oxazole rings is 1. The summed E-state index contributed by atoms with van der Waals surface area (Å²) in [7, 11) is 0. The zero-order chi connectivity index (χ0) is 20.4. The van der Waals surface area contributed by atoms with Gasteiger partial charge in [-0.3, -0.25) is 4.90 Å². The van der Waals surface area contributed by atoms with Gasteiger partial charge in [-0.1, -0.05) is 19.9 Å². The van der Waals surface area contributed by atoms with E-state index in [0.717, 1.165) is 52.1 Å². The number of hydrogen-bond donors (Lipinski definition) is 1. The highest BCUT2D eigenvalue weighted by Crippen LogP contribution is 2.33. The van der Waals surface area contributed by atoms with Crippen molar-refractivity contribution in [2.75, 3.05) is 18.4 Å². The molecule has 152 valence electrons. The smallest absolute Gasteiger partial charge is 0.236 e. The number of thiophene rings is 2. The van der Waals surface area contributed by atoms with Crippen LogP contribution in [0, 0.1) is 13.8 Å². The Hall–Kier alpha value is -2.29. The van der Waals surface area contributed by atoms with Crippen LogP contribution in [0.15, 0.2) is 28.2 Å². The van der Waals surface area contributed by atoms with Gasteiger partial charge in [0.1, 0.15) is 22.7 Å². The van der Waals surface area contributed by atoms with Gasteiger partial charge in [0.15, 0.2) is 0 Å². The van der Waals surface area contributed by atoms with Gasteiger partial charge < -0.3 is 9.73 Å². The average Bonchev–Trinajstić information content (AvgIpc) is 3.45. The van der Waals surface area contributed by atoms with Crippen LogP contribution >= 0.6 is 22.7 Å². The topological polar surface area (TPSA) is 67.1 Å². The lowest BCUT2D eigenvalue weighted by Crippen LogP contribution is -2.23. The zero-order valence-corrected chi connectivity index (χ0v) is 18.8. The molecule has 0 bridgehead atoms. The molecule has 8 heteroatoms. The van der Waals surface area contributed by atoms with Crippen LogP contribution in [-0.2, 0) is 13.1 Å². The maximum absolute atomic E-state index is 5.64. The molecule has 1 N–H and O–H groups in total. The fourth-order valence-electron chi connectivity index (χ4n) is 3.22. The lowest BCUT2D eigenvalue weighted by Gasteiger charge is -2.17. The zero-order valence-electron chi connectivity index (χ0n) is 17.2. The summed E-state index contributed by atoms with van der Waals surface area (Å²) < 4.78 is 5.64. The molecule has 29 heavy (non-hydrogen) atoms. The number of rotatable bonds is 8. The first kappa shape index (κ1) is 20.0. The van der Waals surface area contributed by atoms with Gasteiger partial charge in [-0.15, -0.1) is 22.7 Å². The molecular formula is C21H25N5OS2. The van der Waals surface area contributed by atoms with Gasteiger partial charge in [0, 0.05) is 4.88 Å². The van der Waals surface area contributed by atoms with Gasteiger partial charge in [-0.05, 0) is 43.9 Å². The maximum Gasteiger partial charge on any atom is 0.236 e. The average molecular weight is 428 g/mol. The number of nitrogens with one attached hydrogen (secondary N) is 1. The molecule has 0 amide bonds. The van der Waals surface area contributed by atoms with Crippen molar-refractivity contribution >= 4 is 38.7 Å². The molecule has 0 aliphatic carbocycles. The summed E-state index contributed by atoms with van der Waals surface area (Å²) in [6.07, 6.45) is 1.71. The van der Waals surface area contributed by atoms with Crippen LogP contribution in [0.25, 0.3) is 21.0 Å². The quantitative estimate of drug-likeness (QED) is 0.402. The highest BCUT2D eigenvalue weighted by Gasteiger charge is 2.16. The Labute approximate surface area is 178 Å². The van der Waals surface area contributed by atoms with Crippen molar-refractivity contribution in [3.8, 4) is 10.8 Å². The van der Waals surface area contributed by atoms with Gasteiger partial charge in [0.2, 0.25) is 5.89 Å². The molecule has 0 saturated carbocycles. The van der Waals surface area contributed by atoms with Crippen molar-refractivity contribution in [1.82, 2.24) is 19.9 Å². The number of aryl methyl sites for hydroxylation is 2. The van der Waals surface area contributed by atoms with E-state index in [1.165, 1.54) is 10.4 Å². The van der Waals surface area contributed by atoms with E-state index in [4.69, 9.17) is 14.4 Å². The fraction of sp³-hybridized carbons (Fsp3) is 0.381. The molecule has 4 heterocycles. The predicted molar refractivity (Wildman–Crippen MR) is 121 cm³/mol. The van der Waals surface area contributed by atoms with Crippen molar-refractivity contribution in [2.24, 2.45) is 0 Å². The predicted octanol–water partition coefficient (Wildman–Crippen LogP) is 5.48. The van der Waals surface area contributed by atoms with Crippen LogP contribution in [-0.4, -0.2) is 32.9 Å². The Balaban J connectivity index is 1.61. The monoisotopic (exact) mass is 427 g/mol. The molecule has 0 aliphatic rings. The molecule has 0 aromatic carbocycles. The van der Waals surface area contributed by atoms with Crippen LogP contribution in [0.3, 0.4) is 0 Å². The Bertz CT molecular complexity index is 1100. The highest BCUT2D eigenvalue weighted by atomic mass is 32.1. The number of anilines is 1. The molecule has 0 fully saturated rings. The molecule has 0 radical (unpaired) electrons. The normalized spacial score (nSPS) is 11.6. The summed E-state index contributed by atoms with van der Waals surface area (Å²) in [6.45, 7) is 11.9. The van der Waals surface area contributed by atoms with Gasteiger partial charge in [-0.25, -0.2) is 15.0 Å². The first-order valence-corrected chi connectivity index (χ1v) is 11.5. The first-order chi connectivity index (χ1) is 14.1. The summed E-state index contributed by atoms with van der Waals surface area (Å²) in [5.74, 6) is 2.39. The van der Waals surface area contributed by atoms with Crippen LogP contribution in [0.2, 0.25) is 0 Å². The van der Waals surface area contributed by atoms with Crippen molar-refractivity contribution in [3.63, 3.8) is 0 Å². The van der Waals surface area contributed by atoms with Crippen LogP contribution in [0.5, 0.6) is 0 Å². The number of hydrogen-bond acceptors (Lipinski definition) is 8. The van der Waals surface area contributed by atoms with Gasteiger partial charge in [0.25, 0.3) is 0 Å².